The van der Waals surface area contributed by atoms with Crippen LogP contribution < -0.4 is 4.74 Å². The minimum atomic E-state index is -3.18. The molecule has 0 aromatic heterocycles. The highest BCUT2D eigenvalue weighted by Gasteiger charge is 2.28. The van der Waals surface area contributed by atoms with Gasteiger partial charge in [-0.2, -0.15) is 0 Å². The summed E-state index contributed by atoms with van der Waals surface area (Å²) in [6.07, 6.45) is 0. The van der Waals surface area contributed by atoms with Crippen molar-refractivity contribution in [1.29, 1.82) is 0 Å². The molecule has 4 nitrogen and oxygen atoms in total. The maximum Gasteiger partial charge on any atom is 0.158 e. The third kappa shape index (κ3) is 3.91. The Bertz CT molecular complexity index is 492. The van der Waals surface area contributed by atoms with Crippen molar-refractivity contribution in [2.45, 2.75) is 32.4 Å². The van der Waals surface area contributed by atoms with Crippen LogP contribution in [0.4, 0.5) is 0 Å². The molecule has 102 valence electrons. The molecule has 1 aromatic rings. The van der Waals surface area contributed by atoms with Gasteiger partial charge >= 0.3 is 0 Å². The van der Waals surface area contributed by atoms with Gasteiger partial charge in [-0.15, -0.1) is 0 Å². The summed E-state index contributed by atoms with van der Waals surface area (Å²) in [6, 6.07) is 4.83. The Morgan fingerprint density at radius 3 is 2.33 bits per heavy atom. The average Bonchev–Trinajstić information content (AvgIpc) is 2.13. The van der Waals surface area contributed by atoms with Crippen LogP contribution in [0.15, 0.2) is 18.2 Å². The van der Waals surface area contributed by atoms with Crippen LogP contribution in [0.3, 0.4) is 0 Å². The monoisotopic (exact) mass is 272 g/mol. The van der Waals surface area contributed by atoms with E-state index >= 15 is 0 Å². The molecule has 0 aliphatic rings. The number of phenolic OH excluding ortho intramolecular Hbond substituents is 1. The number of benzene rings is 1. The van der Waals surface area contributed by atoms with Crippen molar-refractivity contribution >= 4 is 9.84 Å². The molecular weight excluding hydrogens is 252 g/mol. The number of aromatic hydroxyl groups is 1. The van der Waals surface area contributed by atoms with Crippen LogP contribution in [-0.2, 0) is 9.84 Å². The summed E-state index contributed by atoms with van der Waals surface area (Å²) < 4.78 is 28.3. The van der Waals surface area contributed by atoms with Crippen molar-refractivity contribution in [3.8, 4) is 11.5 Å². The first-order valence-electron chi connectivity index (χ1n) is 5.77. The Balaban J connectivity index is 2.63. The zero-order valence-electron chi connectivity index (χ0n) is 11.2. The second-order valence-electron chi connectivity index (χ2n) is 5.28. The molecule has 1 N–H and O–H groups in total. The van der Waals surface area contributed by atoms with Crippen molar-refractivity contribution < 1.29 is 18.3 Å². The Hall–Kier alpha value is -1.23. The molecule has 0 amide bonds. The van der Waals surface area contributed by atoms with E-state index in [0.717, 1.165) is 5.56 Å². The Labute approximate surface area is 109 Å². The van der Waals surface area contributed by atoms with E-state index in [-0.39, 0.29) is 18.1 Å². The van der Waals surface area contributed by atoms with Crippen LogP contribution in [-0.4, -0.2) is 30.6 Å². The molecule has 0 heterocycles. The van der Waals surface area contributed by atoms with E-state index in [2.05, 4.69) is 0 Å². The minimum Gasteiger partial charge on any atom is -0.508 e. The molecule has 0 atom stereocenters. The molecule has 0 aliphatic carbocycles. The van der Waals surface area contributed by atoms with Gasteiger partial charge in [-0.3, -0.25) is 0 Å². The largest absolute Gasteiger partial charge is 0.508 e. The third-order valence-electron chi connectivity index (χ3n) is 2.59. The van der Waals surface area contributed by atoms with Gasteiger partial charge in [0, 0.05) is 6.07 Å². The van der Waals surface area contributed by atoms with Crippen LogP contribution >= 0.6 is 0 Å². The van der Waals surface area contributed by atoms with Gasteiger partial charge in [0.05, 0.1) is 10.5 Å². The standard InChI is InChI=1S/C13H20O4S/c1-10-7-11(14)9-12(8-10)17-5-6-18(15,16)13(2,3)4/h7-9,14H,5-6H2,1-4H3. The molecule has 18 heavy (non-hydrogen) atoms. The van der Waals surface area contributed by atoms with E-state index in [9.17, 15) is 13.5 Å². The van der Waals surface area contributed by atoms with E-state index in [1.165, 1.54) is 6.07 Å². The van der Waals surface area contributed by atoms with Gasteiger partial charge in [0.15, 0.2) is 9.84 Å². The zero-order chi connectivity index (χ0) is 14.0. The molecule has 0 unspecified atom stereocenters. The van der Waals surface area contributed by atoms with E-state index in [0.29, 0.717) is 5.75 Å². The van der Waals surface area contributed by atoms with E-state index in [4.69, 9.17) is 4.74 Å². The van der Waals surface area contributed by atoms with Crippen molar-refractivity contribution in [3.63, 3.8) is 0 Å². The van der Waals surface area contributed by atoms with E-state index in [1.54, 1.807) is 32.9 Å². The smallest absolute Gasteiger partial charge is 0.158 e. The van der Waals surface area contributed by atoms with Crippen LogP contribution in [0.5, 0.6) is 11.5 Å². The summed E-state index contributed by atoms with van der Waals surface area (Å²) in [5.41, 5.74) is 0.865. The molecule has 0 saturated carbocycles. The van der Waals surface area contributed by atoms with Gasteiger partial charge in [-0.1, -0.05) is 0 Å². The van der Waals surface area contributed by atoms with Crippen molar-refractivity contribution in [3.05, 3.63) is 23.8 Å². The number of ether oxygens (including phenoxy) is 1. The summed E-state index contributed by atoms with van der Waals surface area (Å²) in [6.45, 7) is 6.92. The number of hydrogen-bond donors (Lipinski definition) is 1. The van der Waals surface area contributed by atoms with E-state index < -0.39 is 14.6 Å². The fraction of sp³-hybridized carbons (Fsp3) is 0.538. The number of phenols is 1. The van der Waals surface area contributed by atoms with Crippen LogP contribution in [0.1, 0.15) is 26.3 Å². The molecule has 0 bridgehead atoms. The maximum absolute atomic E-state index is 11.8. The molecule has 1 aromatic carbocycles. The van der Waals surface area contributed by atoms with Crippen molar-refractivity contribution in [1.82, 2.24) is 0 Å². The number of aryl methyl sites for hydroxylation is 1. The number of sulfone groups is 1. The summed E-state index contributed by atoms with van der Waals surface area (Å²) in [5.74, 6) is 0.561. The molecule has 0 radical (unpaired) electrons. The molecular formula is C13H20O4S. The third-order valence-corrected chi connectivity index (χ3v) is 5.16. The van der Waals surface area contributed by atoms with Gasteiger partial charge in [0.2, 0.25) is 0 Å². The van der Waals surface area contributed by atoms with Gasteiger partial charge in [-0.25, -0.2) is 8.42 Å². The Morgan fingerprint density at radius 2 is 1.83 bits per heavy atom. The Morgan fingerprint density at radius 1 is 1.22 bits per heavy atom. The lowest BCUT2D eigenvalue weighted by Gasteiger charge is -2.19. The topological polar surface area (TPSA) is 63.6 Å². The second kappa shape index (κ2) is 5.18. The fourth-order valence-corrected chi connectivity index (χ4v) is 2.30. The Kier molecular flexibility index (Phi) is 4.27. The summed E-state index contributed by atoms with van der Waals surface area (Å²) in [4.78, 5) is 0. The SMILES string of the molecule is Cc1cc(O)cc(OCCS(=O)(=O)C(C)(C)C)c1. The molecule has 5 heteroatoms. The highest BCUT2D eigenvalue weighted by molar-refractivity contribution is 7.92. The highest BCUT2D eigenvalue weighted by Crippen LogP contribution is 2.22. The van der Waals surface area contributed by atoms with Gasteiger partial charge < -0.3 is 9.84 Å². The first kappa shape index (κ1) is 14.8. The van der Waals surface area contributed by atoms with Crippen molar-refractivity contribution in [2.24, 2.45) is 0 Å². The highest BCUT2D eigenvalue weighted by atomic mass is 32.2. The summed E-state index contributed by atoms with van der Waals surface area (Å²) in [7, 11) is -3.18. The number of rotatable bonds is 4. The average molecular weight is 272 g/mol. The normalized spacial score (nSPS) is 12.4. The van der Waals surface area contributed by atoms with Crippen molar-refractivity contribution in [2.75, 3.05) is 12.4 Å². The molecule has 0 spiro atoms. The summed E-state index contributed by atoms with van der Waals surface area (Å²) in [5, 5.41) is 9.38. The first-order valence-corrected chi connectivity index (χ1v) is 7.43. The predicted octanol–water partition coefficient (Wildman–Crippen LogP) is 2.29. The molecule has 0 aliphatic heterocycles. The lowest BCUT2D eigenvalue weighted by Crippen LogP contribution is -2.32. The summed E-state index contributed by atoms with van der Waals surface area (Å²) >= 11 is 0. The predicted molar refractivity (Wildman–Crippen MR) is 71.9 cm³/mol. The van der Waals surface area contributed by atoms with Gasteiger partial charge in [0.25, 0.3) is 0 Å². The van der Waals surface area contributed by atoms with Gasteiger partial charge in [0.1, 0.15) is 18.1 Å². The minimum absolute atomic E-state index is 0.0365. The van der Waals surface area contributed by atoms with E-state index in [1.807, 2.05) is 6.92 Å². The molecule has 0 fully saturated rings. The lowest BCUT2D eigenvalue weighted by molar-refractivity contribution is 0.337. The quantitative estimate of drug-likeness (QED) is 0.913. The lowest BCUT2D eigenvalue weighted by atomic mass is 10.2. The second-order valence-corrected chi connectivity index (χ2v) is 8.15. The van der Waals surface area contributed by atoms with Gasteiger partial charge in [-0.05, 0) is 45.4 Å². The maximum atomic E-state index is 11.8. The molecule has 0 saturated heterocycles. The van der Waals surface area contributed by atoms with Crippen LogP contribution in [0, 0.1) is 6.92 Å². The fourth-order valence-electron chi connectivity index (χ4n) is 1.39. The number of hydrogen-bond acceptors (Lipinski definition) is 4. The van der Waals surface area contributed by atoms with Crippen LogP contribution in [0.25, 0.3) is 0 Å². The molecule has 1 rings (SSSR count). The van der Waals surface area contributed by atoms with Crippen LogP contribution in [0.2, 0.25) is 0 Å². The zero-order valence-corrected chi connectivity index (χ0v) is 12.0. The first-order chi connectivity index (χ1) is 8.12.